The molecule has 1 aromatic heterocycles. The van der Waals surface area contributed by atoms with E-state index in [1.54, 1.807) is 6.33 Å². The lowest BCUT2D eigenvalue weighted by Crippen LogP contribution is -2.34. The molecule has 3 rings (SSSR count). The van der Waals surface area contributed by atoms with Crippen molar-refractivity contribution in [3.63, 3.8) is 0 Å². The number of anilines is 2. The van der Waals surface area contributed by atoms with E-state index in [1.807, 2.05) is 0 Å². The molecule has 1 aromatic rings. The first-order valence-electron chi connectivity index (χ1n) is 8.38. The van der Waals surface area contributed by atoms with Crippen LogP contribution in [0.3, 0.4) is 0 Å². The van der Waals surface area contributed by atoms with Crippen LogP contribution in [0.1, 0.15) is 32.6 Å². The van der Waals surface area contributed by atoms with Crippen LogP contribution in [-0.4, -0.2) is 42.8 Å². The molecule has 22 heavy (non-hydrogen) atoms. The third kappa shape index (κ3) is 4.19. The fourth-order valence-electron chi connectivity index (χ4n) is 3.16. The van der Waals surface area contributed by atoms with Crippen LogP contribution in [0.15, 0.2) is 24.0 Å². The standard InChI is InChI=1S/C17H26N4O/c1-14-3-2-8-21(12-14)17-11-16(19-13-20-17)18-7-4-15-5-9-22-10-6-15/h5,11,13-14H,2-4,6-10,12H2,1H3,(H,18,19,20). The second-order valence-electron chi connectivity index (χ2n) is 6.32. The minimum absolute atomic E-state index is 0.751. The zero-order valence-corrected chi connectivity index (χ0v) is 13.4. The molecule has 2 aliphatic heterocycles. The average Bonchev–Trinajstić information content (AvgIpc) is 2.56. The van der Waals surface area contributed by atoms with Crippen molar-refractivity contribution in [2.24, 2.45) is 5.92 Å². The molecule has 120 valence electrons. The molecular formula is C17H26N4O. The molecule has 0 aromatic carbocycles. The smallest absolute Gasteiger partial charge is 0.134 e. The molecule has 0 aliphatic carbocycles. The van der Waals surface area contributed by atoms with Crippen molar-refractivity contribution >= 4 is 11.6 Å². The normalized spacial score (nSPS) is 22.3. The average molecular weight is 302 g/mol. The lowest BCUT2D eigenvalue weighted by Gasteiger charge is -2.31. The molecule has 0 radical (unpaired) electrons. The summed E-state index contributed by atoms with van der Waals surface area (Å²) in [6.45, 7) is 7.06. The maximum atomic E-state index is 5.33. The Bertz CT molecular complexity index is 517. The largest absolute Gasteiger partial charge is 0.377 e. The summed E-state index contributed by atoms with van der Waals surface area (Å²) in [5.74, 6) is 2.73. The Morgan fingerprint density at radius 2 is 2.36 bits per heavy atom. The van der Waals surface area contributed by atoms with Gasteiger partial charge in [0.05, 0.1) is 13.2 Å². The number of aromatic nitrogens is 2. The summed E-state index contributed by atoms with van der Waals surface area (Å²) < 4.78 is 5.33. The van der Waals surface area contributed by atoms with E-state index in [2.05, 4.69) is 39.3 Å². The second kappa shape index (κ2) is 7.58. The highest BCUT2D eigenvalue weighted by Gasteiger charge is 2.17. The number of nitrogens with one attached hydrogen (secondary N) is 1. The van der Waals surface area contributed by atoms with Crippen molar-refractivity contribution in [1.82, 2.24) is 9.97 Å². The summed E-state index contributed by atoms with van der Waals surface area (Å²) in [4.78, 5) is 11.2. The van der Waals surface area contributed by atoms with Gasteiger partial charge in [0, 0.05) is 25.7 Å². The van der Waals surface area contributed by atoms with Crippen LogP contribution in [0.25, 0.3) is 0 Å². The van der Waals surface area contributed by atoms with E-state index in [1.165, 1.54) is 18.4 Å². The highest BCUT2D eigenvalue weighted by Crippen LogP contribution is 2.22. The fourth-order valence-corrected chi connectivity index (χ4v) is 3.16. The SMILES string of the molecule is CC1CCCN(c2cc(NCCC3=CCOCC3)ncn2)C1. The van der Waals surface area contributed by atoms with Crippen LogP contribution in [0, 0.1) is 5.92 Å². The van der Waals surface area contributed by atoms with Gasteiger partial charge in [0.2, 0.25) is 0 Å². The van der Waals surface area contributed by atoms with Crippen molar-refractivity contribution < 1.29 is 4.74 Å². The molecule has 1 atom stereocenters. The fraction of sp³-hybridized carbons (Fsp3) is 0.647. The first kappa shape index (κ1) is 15.3. The van der Waals surface area contributed by atoms with E-state index in [0.717, 1.165) is 63.2 Å². The first-order chi connectivity index (χ1) is 10.8. The topological polar surface area (TPSA) is 50.3 Å². The molecule has 0 amide bonds. The molecule has 3 heterocycles. The predicted octanol–water partition coefficient (Wildman–Crippen LogP) is 2.86. The summed E-state index contributed by atoms with van der Waals surface area (Å²) in [5, 5.41) is 3.42. The third-order valence-corrected chi connectivity index (χ3v) is 4.44. The zero-order valence-electron chi connectivity index (χ0n) is 13.4. The number of hydrogen-bond donors (Lipinski definition) is 1. The van der Waals surface area contributed by atoms with Crippen molar-refractivity contribution in [2.45, 2.75) is 32.6 Å². The van der Waals surface area contributed by atoms with Gasteiger partial charge in [0.1, 0.15) is 18.0 Å². The molecule has 1 N–H and O–H groups in total. The van der Waals surface area contributed by atoms with Gasteiger partial charge in [0.15, 0.2) is 0 Å². The van der Waals surface area contributed by atoms with E-state index in [0.29, 0.717) is 0 Å². The van der Waals surface area contributed by atoms with Crippen molar-refractivity contribution in [2.75, 3.05) is 43.1 Å². The predicted molar refractivity (Wildman–Crippen MR) is 89.3 cm³/mol. The van der Waals surface area contributed by atoms with E-state index < -0.39 is 0 Å². The molecule has 5 heteroatoms. The van der Waals surface area contributed by atoms with Gasteiger partial charge < -0.3 is 15.0 Å². The van der Waals surface area contributed by atoms with Crippen molar-refractivity contribution in [1.29, 1.82) is 0 Å². The quantitative estimate of drug-likeness (QED) is 0.848. The Balaban J connectivity index is 1.53. The highest BCUT2D eigenvalue weighted by atomic mass is 16.5. The second-order valence-corrected chi connectivity index (χ2v) is 6.32. The number of rotatable bonds is 5. The molecule has 0 spiro atoms. The van der Waals surface area contributed by atoms with Crippen LogP contribution in [0.4, 0.5) is 11.6 Å². The summed E-state index contributed by atoms with van der Waals surface area (Å²) in [6.07, 6.45) is 8.57. The Morgan fingerprint density at radius 1 is 1.41 bits per heavy atom. The molecule has 1 fully saturated rings. The van der Waals surface area contributed by atoms with E-state index in [4.69, 9.17) is 4.74 Å². The van der Waals surface area contributed by atoms with Gasteiger partial charge in [-0.05, 0) is 31.6 Å². The molecule has 0 bridgehead atoms. The number of hydrogen-bond acceptors (Lipinski definition) is 5. The molecule has 2 aliphatic rings. The van der Waals surface area contributed by atoms with Gasteiger partial charge >= 0.3 is 0 Å². The number of nitrogens with zero attached hydrogens (tertiary/aromatic N) is 3. The van der Waals surface area contributed by atoms with Gasteiger partial charge in [-0.15, -0.1) is 0 Å². The lowest BCUT2D eigenvalue weighted by molar-refractivity contribution is 0.153. The highest BCUT2D eigenvalue weighted by molar-refractivity contribution is 5.48. The first-order valence-corrected chi connectivity index (χ1v) is 8.38. The van der Waals surface area contributed by atoms with Gasteiger partial charge in [-0.25, -0.2) is 9.97 Å². The summed E-state index contributed by atoms with van der Waals surface area (Å²) in [6, 6.07) is 2.08. The van der Waals surface area contributed by atoms with Crippen LogP contribution in [0.5, 0.6) is 0 Å². The van der Waals surface area contributed by atoms with Crippen molar-refractivity contribution in [3.05, 3.63) is 24.0 Å². The zero-order chi connectivity index (χ0) is 15.2. The summed E-state index contributed by atoms with van der Waals surface area (Å²) in [5.41, 5.74) is 1.48. The maximum absolute atomic E-state index is 5.33. The van der Waals surface area contributed by atoms with Gasteiger partial charge in [-0.2, -0.15) is 0 Å². The summed E-state index contributed by atoms with van der Waals surface area (Å²) in [7, 11) is 0. The van der Waals surface area contributed by atoms with Crippen LogP contribution < -0.4 is 10.2 Å². The van der Waals surface area contributed by atoms with Crippen LogP contribution in [-0.2, 0) is 4.74 Å². The monoisotopic (exact) mass is 302 g/mol. The Morgan fingerprint density at radius 3 is 3.18 bits per heavy atom. The molecule has 5 nitrogen and oxygen atoms in total. The van der Waals surface area contributed by atoms with Gasteiger partial charge in [-0.1, -0.05) is 18.6 Å². The maximum Gasteiger partial charge on any atom is 0.134 e. The number of ether oxygens (including phenoxy) is 1. The molecule has 0 saturated carbocycles. The van der Waals surface area contributed by atoms with Crippen LogP contribution >= 0.6 is 0 Å². The third-order valence-electron chi connectivity index (χ3n) is 4.44. The summed E-state index contributed by atoms with van der Waals surface area (Å²) >= 11 is 0. The molecular weight excluding hydrogens is 276 g/mol. The lowest BCUT2D eigenvalue weighted by atomic mass is 10.0. The van der Waals surface area contributed by atoms with Gasteiger partial charge in [0.25, 0.3) is 0 Å². The van der Waals surface area contributed by atoms with Gasteiger partial charge in [-0.3, -0.25) is 0 Å². The van der Waals surface area contributed by atoms with Crippen LogP contribution in [0.2, 0.25) is 0 Å². The van der Waals surface area contributed by atoms with Crippen molar-refractivity contribution in [3.8, 4) is 0 Å². The minimum Gasteiger partial charge on any atom is -0.377 e. The van der Waals surface area contributed by atoms with E-state index >= 15 is 0 Å². The Kier molecular flexibility index (Phi) is 5.27. The van der Waals surface area contributed by atoms with E-state index in [9.17, 15) is 0 Å². The molecule has 1 saturated heterocycles. The minimum atomic E-state index is 0.751. The Labute approximate surface area is 132 Å². The molecule has 1 unspecified atom stereocenters. The Hall–Kier alpha value is -1.62. The number of piperidine rings is 1. The van der Waals surface area contributed by atoms with E-state index in [-0.39, 0.29) is 0 Å².